The Bertz CT molecular complexity index is 850. The summed E-state index contributed by atoms with van der Waals surface area (Å²) in [5.41, 5.74) is 1.70. The molecule has 5 rings (SSSR count). The van der Waals surface area contributed by atoms with E-state index in [4.69, 9.17) is 4.74 Å². The van der Waals surface area contributed by atoms with Gasteiger partial charge in [0.1, 0.15) is 11.9 Å². The SMILES string of the molecule is C=CC1CN2CCC1C[C@@H]2[C@@H](OC(C)=O)c1ccnc2ccc(O)cc12. The van der Waals surface area contributed by atoms with Gasteiger partial charge in [-0.05, 0) is 55.5 Å². The number of nitrogens with zero attached hydrogens (tertiary/aromatic N) is 2. The van der Waals surface area contributed by atoms with Crippen LogP contribution in [0.15, 0.2) is 43.1 Å². The predicted molar refractivity (Wildman–Crippen MR) is 99.7 cm³/mol. The minimum absolute atomic E-state index is 0.141. The Morgan fingerprint density at radius 3 is 3.00 bits per heavy atom. The zero-order valence-corrected chi connectivity index (χ0v) is 15.0. The Labute approximate surface area is 153 Å². The third kappa shape index (κ3) is 2.97. The van der Waals surface area contributed by atoms with E-state index in [0.717, 1.165) is 42.4 Å². The van der Waals surface area contributed by atoms with Gasteiger partial charge in [0.25, 0.3) is 0 Å². The van der Waals surface area contributed by atoms with Crippen LogP contribution in [0.1, 0.15) is 31.4 Å². The van der Waals surface area contributed by atoms with Crippen LogP contribution >= 0.6 is 0 Å². The van der Waals surface area contributed by atoms with Gasteiger partial charge in [0.05, 0.1) is 11.6 Å². The van der Waals surface area contributed by atoms with Gasteiger partial charge in [0.15, 0.2) is 0 Å². The third-order valence-corrected chi connectivity index (χ3v) is 5.86. The standard InChI is InChI=1S/C21H24N2O3/c1-3-14-12-23-9-7-15(14)10-20(23)21(26-13(2)24)17-6-8-22-19-5-4-16(25)11-18(17)19/h3-6,8,11,14-15,20-21,25H,1,7,9-10,12H2,2H3/t14?,15?,20-,21+/m1/s1. The number of pyridine rings is 1. The average Bonchev–Trinajstić information content (AvgIpc) is 2.65. The Kier molecular flexibility index (Phi) is 4.41. The first-order valence-corrected chi connectivity index (χ1v) is 9.18. The van der Waals surface area contributed by atoms with Crippen molar-refractivity contribution < 1.29 is 14.6 Å². The van der Waals surface area contributed by atoms with E-state index >= 15 is 0 Å². The highest BCUT2D eigenvalue weighted by Crippen LogP contribution is 2.43. The minimum atomic E-state index is -0.367. The smallest absolute Gasteiger partial charge is 0.303 e. The highest BCUT2D eigenvalue weighted by molar-refractivity contribution is 5.84. The second kappa shape index (κ2) is 6.72. The molecule has 26 heavy (non-hydrogen) atoms. The van der Waals surface area contributed by atoms with E-state index in [1.165, 1.54) is 6.92 Å². The van der Waals surface area contributed by atoms with Crippen LogP contribution in [0.5, 0.6) is 5.75 Å². The molecule has 0 saturated carbocycles. The molecule has 5 atom stereocenters. The molecule has 136 valence electrons. The maximum Gasteiger partial charge on any atom is 0.303 e. The molecular weight excluding hydrogens is 328 g/mol. The number of phenolic OH excluding ortho intramolecular Hbond substituents is 1. The molecule has 2 bridgehead atoms. The number of ether oxygens (including phenoxy) is 1. The molecule has 3 aliphatic rings. The number of fused-ring (bicyclic) bond motifs is 4. The maximum absolute atomic E-state index is 11.9. The summed E-state index contributed by atoms with van der Waals surface area (Å²) in [6, 6.07) is 7.17. The van der Waals surface area contributed by atoms with E-state index in [-0.39, 0.29) is 23.9 Å². The lowest BCUT2D eigenvalue weighted by Crippen LogP contribution is -2.55. The molecule has 3 aliphatic heterocycles. The molecule has 4 heterocycles. The predicted octanol–water partition coefficient (Wildman–Crippen LogP) is 3.44. The van der Waals surface area contributed by atoms with Crippen LogP contribution in [0, 0.1) is 11.8 Å². The van der Waals surface area contributed by atoms with Gasteiger partial charge in [-0.2, -0.15) is 0 Å². The summed E-state index contributed by atoms with van der Waals surface area (Å²) < 4.78 is 5.83. The van der Waals surface area contributed by atoms with Gasteiger partial charge in [-0.25, -0.2) is 0 Å². The monoisotopic (exact) mass is 352 g/mol. The molecule has 3 saturated heterocycles. The molecule has 0 radical (unpaired) electrons. The van der Waals surface area contributed by atoms with Crippen molar-refractivity contribution in [3.8, 4) is 5.75 Å². The van der Waals surface area contributed by atoms with Gasteiger partial charge in [-0.1, -0.05) is 6.08 Å². The average molecular weight is 352 g/mol. The molecule has 3 fully saturated rings. The Balaban J connectivity index is 1.76. The van der Waals surface area contributed by atoms with E-state index in [2.05, 4.69) is 22.5 Å². The van der Waals surface area contributed by atoms with Crippen molar-refractivity contribution in [2.75, 3.05) is 13.1 Å². The summed E-state index contributed by atoms with van der Waals surface area (Å²) in [6.45, 7) is 7.42. The second-order valence-electron chi connectivity index (χ2n) is 7.38. The fraction of sp³-hybridized carbons (Fsp3) is 0.429. The first-order chi connectivity index (χ1) is 12.6. The van der Waals surface area contributed by atoms with Crippen LogP contribution in [-0.4, -0.2) is 40.1 Å². The van der Waals surface area contributed by atoms with Gasteiger partial charge < -0.3 is 9.84 Å². The summed E-state index contributed by atoms with van der Waals surface area (Å²) in [6.07, 6.45) is 5.59. The fourth-order valence-corrected chi connectivity index (χ4v) is 4.62. The third-order valence-electron chi connectivity index (χ3n) is 5.86. The van der Waals surface area contributed by atoms with Gasteiger partial charge >= 0.3 is 5.97 Å². The molecule has 3 unspecified atom stereocenters. The van der Waals surface area contributed by atoms with Crippen molar-refractivity contribution in [1.29, 1.82) is 0 Å². The lowest BCUT2D eigenvalue weighted by Gasteiger charge is -2.51. The molecule has 2 aromatic rings. The number of hydrogen-bond donors (Lipinski definition) is 1. The number of carbonyl (C=O) groups excluding carboxylic acids is 1. The van der Waals surface area contributed by atoms with Crippen LogP contribution in [0.25, 0.3) is 10.9 Å². The van der Waals surface area contributed by atoms with Crippen molar-refractivity contribution in [1.82, 2.24) is 9.88 Å². The summed E-state index contributed by atoms with van der Waals surface area (Å²) in [5.74, 6) is 0.992. The van der Waals surface area contributed by atoms with Crippen molar-refractivity contribution in [3.05, 3.63) is 48.7 Å². The van der Waals surface area contributed by atoms with Crippen molar-refractivity contribution in [2.24, 2.45) is 11.8 Å². The van der Waals surface area contributed by atoms with Crippen molar-refractivity contribution >= 4 is 16.9 Å². The Morgan fingerprint density at radius 1 is 1.46 bits per heavy atom. The van der Waals surface area contributed by atoms with E-state index in [1.807, 2.05) is 6.07 Å². The summed E-state index contributed by atoms with van der Waals surface area (Å²) in [4.78, 5) is 18.7. The first kappa shape index (κ1) is 17.0. The van der Waals surface area contributed by atoms with Crippen LogP contribution in [0.3, 0.4) is 0 Å². The van der Waals surface area contributed by atoms with Crippen LogP contribution in [0.2, 0.25) is 0 Å². The van der Waals surface area contributed by atoms with Gasteiger partial charge in [0, 0.05) is 30.6 Å². The van der Waals surface area contributed by atoms with Crippen LogP contribution in [-0.2, 0) is 9.53 Å². The summed E-state index contributed by atoms with van der Waals surface area (Å²) in [5, 5.41) is 10.8. The van der Waals surface area contributed by atoms with E-state index < -0.39 is 0 Å². The maximum atomic E-state index is 11.9. The number of benzene rings is 1. The van der Waals surface area contributed by atoms with Crippen molar-refractivity contribution in [2.45, 2.75) is 31.9 Å². The number of esters is 1. The quantitative estimate of drug-likeness (QED) is 0.675. The lowest BCUT2D eigenvalue weighted by molar-refractivity contribution is -0.154. The number of phenols is 1. The highest BCUT2D eigenvalue weighted by atomic mass is 16.5. The Morgan fingerprint density at radius 2 is 2.31 bits per heavy atom. The lowest BCUT2D eigenvalue weighted by atomic mass is 9.73. The van der Waals surface area contributed by atoms with Gasteiger partial charge in [-0.3, -0.25) is 14.7 Å². The molecule has 0 amide bonds. The first-order valence-electron chi connectivity index (χ1n) is 9.18. The summed E-state index contributed by atoms with van der Waals surface area (Å²) >= 11 is 0. The number of piperidine rings is 3. The fourth-order valence-electron chi connectivity index (χ4n) is 4.62. The number of aromatic hydroxyl groups is 1. The Hall–Kier alpha value is -2.40. The number of rotatable bonds is 4. The molecular formula is C21H24N2O3. The number of carbonyl (C=O) groups is 1. The van der Waals surface area contributed by atoms with Crippen LogP contribution in [0.4, 0.5) is 0 Å². The van der Waals surface area contributed by atoms with E-state index in [9.17, 15) is 9.90 Å². The van der Waals surface area contributed by atoms with Crippen LogP contribution < -0.4 is 0 Å². The van der Waals surface area contributed by atoms with Crippen molar-refractivity contribution in [3.63, 3.8) is 0 Å². The molecule has 1 aromatic carbocycles. The van der Waals surface area contributed by atoms with E-state index in [1.54, 1.807) is 24.4 Å². The second-order valence-corrected chi connectivity index (χ2v) is 7.38. The molecule has 0 aliphatic carbocycles. The topological polar surface area (TPSA) is 62.7 Å². The van der Waals surface area contributed by atoms with Gasteiger partial charge in [-0.15, -0.1) is 6.58 Å². The number of aromatic nitrogens is 1. The highest BCUT2D eigenvalue weighted by Gasteiger charge is 2.44. The molecule has 0 spiro atoms. The molecule has 5 heteroatoms. The summed E-state index contributed by atoms with van der Waals surface area (Å²) in [7, 11) is 0. The zero-order valence-electron chi connectivity index (χ0n) is 15.0. The van der Waals surface area contributed by atoms with Gasteiger partial charge in [0.2, 0.25) is 0 Å². The largest absolute Gasteiger partial charge is 0.508 e. The number of hydrogen-bond acceptors (Lipinski definition) is 5. The molecule has 5 nitrogen and oxygen atoms in total. The normalized spacial score (nSPS) is 28.7. The minimum Gasteiger partial charge on any atom is -0.508 e. The molecule has 1 aromatic heterocycles. The van der Waals surface area contributed by atoms with E-state index in [0.29, 0.717) is 11.8 Å². The molecule has 1 N–H and O–H groups in total. The zero-order chi connectivity index (χ0) is 18.3.